The zero-order valence-corrected chi connectivity index (χ0v) is 7.24. The standard InChI is InChI=1S/C8H10N2O3/c1-12-8(11)6-7(13-4-10-6)5-2-9-3-5/h4-5,9H,2-3H2,1H3. The molecule has 13 heavy (non-hydrogen) atoms. The third-order valence-electron chi connectivity index (χ3n) is 2.13. The summed E-state index contributed by atoms with van der Waals surface area (Å²) < 4.78 is 9.71. The highest BCUT2D eigenvalue weighted by Gasteiger charge is 2.28. The smallest absolute Gasteiger partial charge is 0.360 e. The van der Waals surface area contributed by atoms with E-state index in [1.807, 2.05) is 0 Å². The van der Waals surface area contributed by atoms with Gasteiger partial charge in [-0.05, 0) is 0 Å². The minimum atomic E-state index is -0.435. The number of esters is 1. The Bertz CT molecular complexity index is 317. The second-order valence-corrected chi connectivity index (χ2v) is 2.91. The number of carbonyl (C=O) groups excluding carboxylic acids is 1. The van der Waals surface area contributed by atoms with Gasteiger partial charge in [0, 0.05) is 19.0 Å². The second-order valence-electron chi connectivity index (χ2n) is 2.91. The number of ether oxygens (including phenoxy) is 1. The molecule has 0 spiro atoms. The zero-order chi connectivity index (χ0) is 9.26. The molecule has 2 heterocycles. The number of carbonyl (C=O) groups is 1. The van der Waals surface area contributed by atoms with Gasteiger partial charge in [-0.2, -0.15) is 0 Å². The predicted octanol–water partition coefficient (Wildman–Crippen LogP) is 0.148. The van der Waals surface area contributed by atoms with E-state index in [-0.39, 0.29) is 5.92 Å². The highest BCUT2D eigenvalue weighted by atomic mass is 16.5. The van der Waals surface area contributed by atoms with Gasteiger partial charge < -0.3 is 14.5 Å². The number of nitrogens with one attached hydrogen (secondary N) is 1. The fraction of sp³-hybridized carbons (Fsp3) is 0.500. The Morgan fingerprint density at radius 3 is 3.08 bits per heavy atom. The van der Waals surface area contributed by atoms with E-state index in [9.17, 15) is 4.79 Å². The van der Waals surface area contributed by atoms with Crippen molar-refractivity contribution in [2.45, 2.75) is 5.92 Å². The summed E-state index contributed by atoms with van der Waals surface area (Å²) in [6, 6.07) is 0. The molecule has 0 saturated carbocycles. The Labute approximate surface area is 75.1 Å². The lowest BCUT2D eigenvalue weighted by Gasteiger charge is -2.24. The van der Waals surface area contributed by atoms with Crippen LogP contribution in [0.4, 0.5) is 0 Å². The van der Waals surface area contributed by atoms with Crippen molar-refractivity contribution in [2.75, 3.05) is 20.2 Å². The van der Waals surface area contributed by atoms with Crippen molar-refractivity contribution < 1.29 is 13.9 Å². The maximum atomic E-state index is 11.2. The molecule has 1 aliphatic rings. The fourth-order valence-corrected chi connectivity index (χ4v) is 1.27. The number of rotatable bonds is 2. The van der Waals surface area contributed by atoms with Gasteiger partial charge in [0.2, 0.25) is 0 Å². The van der Waals surface area contributed by atoms with Crippen LogP contribution in [0.15, 0.2) is 10.8 Å². The van der Waals surface area contributed by atoms with Crippen LogP contribution in [0.2, 0.25) is 0 Å². The molecule has 0 atom stereocenters. The Kier molecular flexibility index (Phi) is 2.02. The van der Waals surface area contributed by atoms with E-state index in [1.54, 1.807) is 0 Å². The van der Waals surface area contributed by atoms with Crippen LogP contribution in [0, 0.1) is 0 Å². The van der Waals surface area contributed by atoms with Gasteiger partial charge in [0.05, 0.1) is 7.11 Å². The van der Waals surface area contributed by atoms with Gasteiger partial charge in [-0.3, -0.25) is 0 Å². The number of hydrogen-bond acceptors (Lipinski definition) is 5. The molecular formula is C8H10N2O3. The summed E-state index contributed by atoms with van der Waals surface area (Å²) >= 11 is 0. The van der Waals surface area contributed by atoms with Crippen LogP contribution in [0.3, 0.4) is 0 Å². The SMILES string of the molecule is COC(=O)c1ncoc1C1CNC1. The number of oxazole rings is 1. The fourth-order valence-electron chi connectivity index (χ4n) is 1.27. The molecule has 1 aromatic heterocycles. The van der Waals surface area contributed by atoms with Crippen LogP contribution in [0.25, 0.3) is 0 Å². The molecule has 5 nitrogen and oxygen atoms in total. The quantitative estimate of drug-likeness (QED) is 0.659. The molecule has 0 aliphatic carbocycles. The Morgan fingerprint density at radius 2 is 2.54 bits per heavy atom. The normalized spacial score (nSPS) is 16.7. The van der Waals surface area contributed by atoms with E-state index in [4.69, 9.17) is 4.42 Å². The summed E-state index contributed by atoms with van der Waals surface area (Å²) in [5, 5.41) is 3.09. The number of methoxy groups -OCH3 is 1. The molecular weight excluding hydrogens is 172 g/mol. The highest BCUT2D eigenvalue weighted by Crippen LogP contribution is 2.23. The summed E-state index contributed by atoms with van der Waals surface area (Å²) in [5.74, 6) is 0.456. The number of nitrogens with zero attached hydrogens (tertiary/aromatic N) is 1. The minimum absolute atomic E-state index is 0.261. The Hall–Kier alpha value is -1.36. The second kappa shape index (κ2) is 3.18. The molecule has 0 amide bonds. The van der Waals surface area contributed by atoms with Crippen LogP contribution in [-0.4, -0.2) is 31.2 Å². The third kappa shape index (κ3) is 1.31. The maximum Gasteiger partial charge on any atom is 0.360 e. The molecule has 1 fully saturated rings. The molecule has 0 radical (unpaired) electrons. The first-order valence-corrected chi connectivity index (χ1v) is 4.05. The molecule has 0 unspecified atom stereocenters. The van der Waals surface area contributed by atoms with E-state index in [1.165, 1.54) is 13.5 Å². The minimum Gasteiger partial charge on any atom is -0.464 e. The van der Waals surface area contributed by atoms with Crippen molar-refractivity contribution in [1.29, 1.82) is 0 Å². The van der Waals surface area contributed by atoms with E-state index in [0.29, 0.717) is 11.5 Å². The Balaban J connectivity index is 2.24. The molecule has 2 rings (SSSR count). The Morgan fingerprint density at radius 1 is 1.77 bits per heavy atom. The molecule has 1 aliphatic heterocycles. The summed E-state index contributed by atoms with van der Waals surface area (Å²) in [5.41, 5.74) is 0.300. The summed E-state index contributed by atoms with van der Waals surface area (Å²) in [4.78, 5) is 15.0. The summed E-state index contributed by atoms with van der Waals surface area (Å²) in [7, 11) is 1.33. The maximum absolute atomic E-state index is 11.2. The van der Waals surface area contributed by atoms with Crippen LogP contribution in [0.5, 0.6) is 0 Å². The van der Waals surface area contributed by atoms with Gasteiger partial charge >= 0.3 is 5.97 Å². The van der Waals surface area contributed by atoms with Crippen LogP contribution < -0.4 is 5.32 Å². The van der Waals surface area contributed by atoms with Gasteiger partial charge in [0.1, 0.15) is 5.76 Å². The van der Waals surface area contributed by atoms with Gasteiger partial charge in [0.25, 0.3) is 0 Å². The summed E-state index contributed by atoms with van der Waals surface area (Å²) in [6.07, 6.45) is 1.28. The summed E-state index contributed by atoms with van der Waals surface area (Å²) in [6.45, 7) is 1.67. The van der Waals surface area contributed by atoms with Gasteiger partial charge in [0.15, 0.2) is 12.1 Å². The lowest BCUT2D eigenvalue weighted by Crippen LogP contribution is -2.40. The topological polar surface area (TPSA) is 64.4 Å². The van der Waals surface area contributed by atoms with Gasteiger partial charge in [-0.1, -0.05) is 0 Å². The van der Waals surface area contributed by atoms with Gasteiger partial charge in [-0.15, -0.1) is 0 Å². The first-order chi connectivity index (χ1) is 6.33. The molecule has 1 N–H and O–H groups in total. The molecule has 70 valence electrons. The van der Waals surface area contributed by atoms with Crippen LogP contribution >= 0.6 is 0 Å². The van der Waals surface area contributed by atoms with E-state index < -0.39 is 5.97 Å². The average Bonchev–Trinajstić information content (AvgIpc) is 2.49. The molecule has 1 aromatic rings. The zero-order valence-electron chi connectivity index (χ0n) is 7.24. The number of hydrogen-bond donors (Lipinski definition) is 1. The lowest BCUT2D eigenvalue weighted by molar-refractivity contribution is 0.0590. The van der Waals surface area contributed by atoms with Crippen molar-refractivity contribution in [3.8, 4) is 0 Å². The monoisotopic (exact) mass is 182 g/mol. The third-order valence-corrected chi connectivity index (χ3v) is 2.13. The van der Waals surface area contributed by atoms with E-state index >= 15 is 0 Å². The van der Waals surface area contributed by atoms with Crippen LogP contribution in [-0.2, 0) is 4.74 Å². The van der Waals surface area contributed by atoms with E-state index in [0.717, 1.165) is 13.1 Å². The van der Waals surface area contributed by atoms with Crippen molar-refractivity contribution >= 4 is 5.97 Å². The molecule has 5 heteroatoms. The van der Waals surface area contributed by atoms with Crippen molar-refractivity contribution in [2.24, 2.45) is 0 Å². The molecule has 0 bridgehead atoms. The first kappa shape index (κ1) is 8.25. The van der Waals surface area contributed by atoms with Crippen molar-refractivity contribution in [1.82, 2.24) is 10.3 Å². The van der Waals surface area contributed by atoms with Crippen LogP contribution in [0.1, 0.15) is 22.2 Å². The van der Waals surface area contributed by atoms with Crippen molar-refractivity contribution in [3.05, 3.63) is 17.8 Å². The van der Waals surface area contributed by atoms with Crippen molar-refractivity contribution in [3.63, 3.8) is 0 Å². The average molecular weight is 182 g/mol. The van der Waals surface area contributed by atoms with E-state index in [2.05, 4.69) is 15.0 Å². The number of aromatic nitrogens is 1. The molecule has 0 aromatic carbocycles. The highest BCUT2D eigenvalue weighted by molar-refractivity contribution is 5.88. The van der Waals surface area contributed by atoms with Gasteiger partial charge in [-0.25, -0.2) is 9.78 Å². The largest absolute Gasteiger partial charge is 0.464 e. The lowest BCUT2D eigenvalue weighted by atomic mass is 9.99. The predicted molar refractivity (Wildman–Crippen MR) is 43.5 cm³/mol. The molecule has 1 saturated heterocycles. The first-order valence-electron chi connectivity index (χ1n) is 4.05.